The van der Waals surface area contributed by atoms with Crippen LogP contribution in [0.25, 0.3) is 0 Å². The molecule has 0 spiro atoms. The van der Waals surface area contributed by atoms with Crippen molar-refractivity contribution in [3.63, 3.8) is 0 Å². The standard InChI is InChI=1S/C17H35N3/c1-5-16-12-18-17(6-2,7-3)14-20(16)13-15-8-10-19(4)11-9-15/h15-16,18H,5-14H2,1-4H3. The van der Waals surface area contributed by atoms with Crippen LogP contribution in [0.2, 0.25) is 0 Å². The fourth-order valence-corrected chi connectivity index (χ4v) is 3.95. The van der Waals surface area contributed by atoms with E-state index in [1.54, 1.807) is 0 Å². The van der Waals surface area contributed by atoms with Gasteiger partial charge in [-0.05, 0) is 58.2 Å². The molecule has 0 amide bonds. The average molecular weight is 281 g/mol. The Morgan fingerprint density at radius 3 is 2.30 bits per heavy atom. The van der Waals surface area contributed by atoms with Gasteiger partial charge >= 0.3 is 0 Å². The highest BCUT2D eigenvalue weighted by molar-refractivity contribution is 4.97. The van der Waals surface area contributed by atoms with Gasteiger partial charge < -0.3 is 10.2 Å². The van der Waals surface area contributed by atoms with E-state index in [2.05, 4.69) is 42.9 Å². The van der Waals surface area contributed by atoms with Crippen LogP contribution in [0, 0.1) is 5.92 Å². The number of nitrogens with one attached hydrogen (secondary N) is 1. The van der Waals surface area contributed by atoms with Gasteiger partial charge in [-0.15, -0.1) is 0 Å². The van der Waals surface area contributed by atoms with Gasteiger partial charge in [0.15, 0.2) is 0 Å². The Labute approximate surface area is 126 Å². The van der Waals surface area contributed by atoms with E-state index in [-0.39, 0.29) is 0 Å². The predicted octanol–water partition coefficient (Wildman–Crippen LogP) is 2.57. The number of rotatable bonds is 5. The summed E-state index contributed by atoms with van der Waals surface area (Å²) in [6.45, 7) is 13.4. The van der Waals surface area contributed by atoms with Gasteiger partial charge in [0.25, 0.3) is 0 Å². The van der Waals surface area contributed by atoms with E-state index in [0.717, 1.165) is 12.0 Å². The number of piperazine rings is 1. The zero-order chi connectivity index (χ0) is 14.6. The molecule has 20 heavy (non-hydrogen) atoms. The van der Waals surface area contributed by atoms with Gasteiger partial charge in [-0.2, -0.15) is 0 Å². The van der Waals surface area contributed by atoms with E-state index in [4.69, 9.17) is 0 Å². The first-order valence-electron chi connectivity index (χ1n) is 8.80. The van der Waals surface area contributed by atoms with Crippen LogP contribution in [0.15, 0.2) is 0 Å². The van der Waals surface area contributed by atoms with Gasteiger partial charge in [0, 0.05) is 31.2 Å². The van der Waals surface area contributed by atoms with Gasteiger partial charge in [0.2, 0.25) is 0 Å². The average Bonchev–Trinajstić information content (AvgIpc) is 2.49. The summed E-state index contributed by atoms with van der Waals surface area (Å²) in [4.78, 5) is 5.30. The minimum absolute atomic E-state index is 0.372. The molecule has 2 fully saturated rings. The summed E-state index contributed by atoms with van der Waals surface area (Å²) >= 11 is 0. The maximum atomic E-state index is 3.86. The van der Waals surface area contributed by atoms with Crippen LogP contribution in [-0.2, 0) is 0 Å². The van der Waals surface area contributed by atoms with Crippen LogP contribution in [-0.4, -0.2) is 61.2 Å². The van der Waals surface area contributed by atoms with Crippen molar-refractivity contribution in [3.8, 4) is 0 Å². The number of piperidine rings is 1. The van der Waals surface area contributed by atoms with Crippen molar-refractivity contribution >= 4 is 0 Å². The number of nitrogens with zero attached hydrogens (tertiary/aromatic N) is 2. The lowest BCUT2D eigenvalue weighted by atomic mass is 9.86. The van der Waals surface area contributed by atoms with Crippen LogP contribution < -0.4 is 5.32 Å². The van der Waals surface area contributed by atoms with E-state index in [1.165, 1.54) is 64.8 Å². The molecule has 3 heteroatoms. The molecule has 0 aromatic carbocycles. The molecule has 0 radical (unpaired) electrons. The second-order valence-electron chi connectivity index (χ2n) is 7.11. The summed E-state index contributed by atoms with van der Waals surface area (Å²) in [5, 5.41) is 3.86. The van der Waals surface area contributed by atoms with Gasteiger partial charge in [-0.25, -0.2) is 0 Å². The summed E-state index contributed by atoms with van der Waals surface area (Å²) in [6, 6.07) is 0.751. The smallest absolute Gasteiger partial charge is 0.0304 e. The monoisotopic (exact) mass is 281 g/mol. The molecule has 118 valence electrons. The third-order valence-electron chi connectivity index (χ3n) is 5.89. The van der Waals surface area contributed by atoms with Crippen LogP contribution in [0.4, 0.5) is 0 Å². The predicted molar refractivity (Wildman–Crippen MR) is 87.2 cm³/mol. The van der Waals surface area contributed by atoms with E-state index in [9.17, 15) is 0 Å². The normalized spacial score (nSPS) is 29.7. The van der Waals surface area contributed by atoms with Crippen LogP contribution >= 0.6 is 0 Å². The Balaban J connectivity index is 1.95. The Morgan fingerprint density at radius 1 is 1.10 bits per heavy atom. The lowest BCUT2D eigenvalue weighted by Crippen LogP contribution is -2.64. The van der Waals surface area contributed by atoms with Crippen molar-refractivity contribution in [3.05, 3.63) is 0 Å². The topological polar surface area (TPSA) is 18.5 Å². The molecule has 0 saturated carbocycles. The number of hydrogen-bond donors (Lipinski definition) is 1. The van der Waals surface area contributed by atoms with Crippen molar-refractivity contribution in [2.45, 2.75) is 64.5 Å². The maximum Gasteiger partial charge on any atom is 0.0304 e. The summed E-state index contributed by atoms with van der Waals surface area (Å²) in [7, 11) is 2.26. The summed E-state index contributed by atoms with van der Waals surface area (Å²) in [5.74, 6) is 0.921. The van der Waals surface area contributed by atoms with E-state index < -0.39 is 0 Å². The molecular formula is C17H35N3. The Bertz CT molecular complexity index is 280. The van der Waals surface area contributed by atoms with Crippen molar-refractivity contribution in [1.29, 1.82) is 0 Å². The highest BCUT2D eigenvalue weighted by Gasteiger charge is 2.36. The van der Waals surface area contributed by atoms with Crippen LogP contribution in [0.5, 0.6) is 0 Å². The summed E-state index contributed by atoms with van der Waals surface area (Å²) in [5.41, 5.74) is 0.372. The van der Waals surface area contributed by atoms with Gasteiger partial charge in [0.05, 0.1) is 0 Å². The second-order valence-corrected chi connectivity index (χ2v) is 7.11. The quantitative estimate of drug-likeness (QED) is 0.835. The third kappa shape index (κ3) is 3.75. The highest BCUT2D eigenvalue weighted by atomic mass is 15.3. The number of likely N-dealkylation sites (tertiary alicyclic amines) is 1. The zero-order valence-corrected chi connectivity index (χ0v) is 14.1. The van der Waals surface area contributed by atoms with Crippen molar-refractivity contribution in [1.82, 2.24) is 15.1 Å². The van der Waals surface area contributed by atoms with Gasteiger partial charge in [-0.3, -0.25) is 4.90 Å². The van der Waals surface area contributed by atoms with Gasteiger partial charge in [-0.1, -0.05) is 20.8 Å². The Kier molecular flexibility index (Phi) is 5.88. The fraction of sp³-hybridized carbons (Fsp3) is 1.00. The summed E-state index contributed by atoms with van der Waals surface area (Å²) in [6.07, 6.45) is 6.57. The first-order valence-corrected chi connectivity index (χ1v) is 8.80. The minimum atomic E-state index is 0.372. The molecule has 0 aliphatic carbocycles. The number of hydrogen-bond acceptors (Lipinski definition) is 3. The maximum absolute atomic E-state index is 3.86. The molecule has 2 rings (SSSR count). The molecular weight excluding hydrogens is 246 g/mol. The second kappa shape index (κ2) is 7.24. The fourth-order valence-electron chi connectivity index (χ4n) is 3.95. The molecule has 1 unspecified atom stereocenters. The summed E-state index contributed by atoms with van der Waals surface area (Å²) < 4.78 is 0. The molecule has 2 heterocycles. The van der Waals surface area contributed by atoms with Crippen LogP contribution in [0.3, 0.4) is 0 Å². The van der Waals surface area contributed by atoms with E-state index in [0.29, 0.717) is 5.54 Å². The zero-order valence-electron chi connectivity index (χ0n) is 14.1. The van der Waals surface area contributed by atoms with E-state index >= 15 is 0 Å². The first-order chi connectivity index (χ1) is 9.62. The molecule has 2 aliphatic rings. The Morgan fingerprint density at radius 2 is 1.75 bits per heavy atom. The molecule has 0 bridgehead atoms. The molecule has 1 atom stereocenters. The first kappa shape index (κ1) is 16.3. The van der Waals surface area contributed by atoms with Crippen molar-refractivity contribution in [2.24, 2.45) is 5.92 Å². The molecule has 0 aromatic heterocycles. The largest absolute Gasteiger partial charge is 0.308 e. The molecule has 1 N–H and O–H groups in total. The molecule has 2 aliphatic heterocycles. The lowest BCUT2D eigenvalue weighted by Gasteiger charge is -2.49. The minimum Gasteiger partial charge on any atom is -0.308 e. The van der Waals surface area contributed by atoms with Crippen LogP contribution in [0.1, 0.15) is 52.9 Å². The van der Waals surface area contributed by atoms with Crippen molar-refractivity contribution < 1.29 is 0 Å². The van der Waals surface area contributed by atoms with Crippen molar-refractivity contribution in [2.75, 3.05) is 39.8 Å². The SMILES string of the molecule is CCC1CNC(CC)(CC)CN1CC1CCN(C)CC1. The third-order valence-corrected chi connectivity index (χ3v) is 5.89. The molecule has 2 saturated heterocycles. The molecule has 0 aromatic rings. The lowest BCUT2D eigenvalue weighted by molar-refractivity contribution is 0.0468. The highest BCUT2D eigenvalue weighted by Crippen LogP contribution is 2.26. The molecule has 3 nitrogen and oxygen atoms in total. The Hall–Kier alpha value is -0.120. The van der Waals surface area contributed by atoms with E-state index in [1.807, 2.05) is 0 Å². The van der Waals surface area contributed by atoms with Gasteiger partial charge in [0.1, 0.15) is 0 Å².